The number of fused-ring (bicyclic) bond motifs is 1. The normalized spacial score (nSPS) is 31.5. The van der Waals surface area contributed by atoms with Gasteiger partial charge < -0.3 is 5.11 Å². The molecule has 1 aliphatic heterocycles. The summed E-state index contributed by atoms with van der Waals surface area (Å²) in [5.41, 5.74) is 1.36. The van der Waals surface area contributed by atoms with Crippen LogP contribution in [-0.2, 0) is 6.42 Å². The van der Waals surface area contributed by atoms with Gasteiger partial charge in [0.1, 0.15) is 5.01 Å². The van der Waals surface area contributed by atoms with Crippen molar-refractivity contribution in [3.05, 3.63) is 15.6 Å². The van der Waals surface area contributed by atoms with E-state index in [4.69, 9.17) is 4.98 Å². The molecule has 2 heterocycles. The number of aliphatic hydroxyl groups is 1. The predicted molar refractivity (Wildman–Crippen MR) is 73.6 cm³/mol. The summed E-state index contributed by atoms with van der Waals surface area (Å²) in [7, 11) is 0. The highest BCUT2D eigenvalue weighted by Gasteiger charge is 2.35. The number of nitrogens with zero attached hydrogens (tertiary/aromatic N) is 1. The second-order valence-corrected chi connectivity index (χ2v) is 8.30. The second-order valence-electron chi connectivity index (χ2n) is 5.93. The van der Waals surface area contributed by atoms with E-state index in [1.165, 1.54) is 29.3 Å². The van der Waals surface area contributed by atoms with E-state index < -0.39 is 0 Å². The Kier molecular flexibility index (Phi) is 3.00. The van der Waals surface area contributed by atoms with Gasteiger partial charge in [-0.25, -0.2) is 4.98 Å². The van der Waals surface area contributed by atoms with Crippen molar-refractivity contribution >= 4 is 23.1 Å². The minimum absolute atomic E-state index is 0.195. The maximum absolute atomic E-state index is 10.2. The molecule has 1 N–H and O–H groups in total. The van der Waals surface area contributed by atoms with Gasteiger partial charge in [0.05, 0.1) is 21.9 Å². The number of thiazole rings is 1. The molecule has 0 bridgehead atoms. The Labute approximate surface area is 111 Å². The zero-order valence-electron chi connectivity index (χ0n) is 10.4. The molecule has 1 fully saturated rings. The first-order valence-corrected chi connectivity index (χ1v) is 8.21. The number of hydrogen-bond acceptors (Lipinski definition) is 4. The highest BCUT2D eigenvalue weighted by Crippen LogP contribution is 2.47. The maximum atomic E-state index is 10.2. The minimum Gasteiger partial charge on any atom is -0.387 e. The summed E-state index contributed by atoms with van der Waals surface area (Å²) in [4.78, 5) is 5.96. The van der Waals surface area contributed by atoms with Crippen LogP contribution in [0, 0.1) is 5.41 Å². The zero-order chi connectivity index (χ0) is 12.0. The summed E-state index contributed by atoms with van der Waals surface area (Å²) in [6.45, 7) is 4.45. The maximum Gasteiger partial charge on any atom is 0.106 e. The predicted octanol–water partition coefficient (Wildman–Crippen LogP) is 3.72. The molecular formula is C13H19NOS2. The summed E-state index contributed by atoms with van der Waals surface area (Å²) in [5.74, 6) is 1.27. The molecule has 1 aromatic rings. The average molecular weight is 269 g/mol. The Hall–Kier alpha value is -0.0600. The minimum atomic E-state index is -0.286. The van der Waals surface area contributed by atoms with Crippen molar-refractivity contribution in [3.63, 3.8) is 0 Å². The summed E-state index contributed by atoms with van der Waals surface area (Å²) >= 11 is 3.79. The van der Waals surface area contributed by atoms with Crippen LogP contribution in [-0.4, -0.2) is 15.8 Å². The van der Waals surface area contributed by atoms with Crippen LogP contribution in [0.15, 0.2) is 0 Å². The molecule has 0 spiro atoms. The highest BCUT2D eigenvalue weighted by atomic mass is 32.2. The molecule has 0 amide bonds. The standard InChI is InChI=1S/C13H19NOS2/c1-13(2)6-8-11(9(15)7-13)17-12(14-8)10-4-3-5-16-10/h9-10,15H,3-7H2,1-2H3. The fourth-order valence-electron chi connectivity index (χ4n) is 2.82. The van der Waals surface area contributed by atoms with Crippen LogP contribution < -0.4 is 0 Å². The van der Waals surface area contributed by atoms with Crippen LogP contribution >= 0.6 is 23.1 Å². The molecule has 2 unspecified atom stereocenters. The summed E-state index contributed by atoms with van der Waals surface area (Å²) < 4.78 is 0. The van der Waals surface area contributed by atoms with Crippen LogP contribution in [0.3, 0.4) is 0 Å². The van der Waals surface area contributed by atoms with Crippen LogP contribution in [0.4, 0.5) is 0 Å². The number of aromatic nitrogens is 1. The summed E-state index contributed by atoms with van der Waals surface area (Å²) in [5, 5.41) is 12.1. The lowest BCUT2D eigenvalue weighted by Crippen LogP contribution is -2.24. The molecule has 0 aromatic carbocycles. The van der Waals surface area contributed by atoms with Crippen molar-refractivity contribution in [2.75, 3.05) is 5.75 Å². The Morgan fingerprint density at radius 1 is 1.41 bits per heavy atom. The molecule has 1 aliphatic carbocycles. The van der Waals surface area contributed by atoms with Gasteiger partial charge in [-0.1, -0.05) is 13.8 Å². The molecule has 2 nitrogen and oxygen atoms in total. The molecule has 3 rings (SSSR count). The van der Waals surface area contributed by atoms with Crippen molar-refractivity contribution in [2.45, 2.75) is 50.9 Å². The van der Waals surface area contributed by atoms with Crippen molar-refractivity contribution < 1.29 is 5.11 Å². The summed E-state index contributed by atoms with van der Waals surface area (Å²) in [6, 6.07) is 0. The number of aliphatic hydroxyl groups excluding tert-OH is 1. The van der Waals surface area contributed by atoms with E-state index in [0.717, 1.165) is 17.7 Å². The quantitative estimate of drug-likeness (QED) is 0.843. The van der Waals surface area contributed by atoms with E-state index >= 15 is 0 Å². The lowest BCUT2D eigenvalue weighted by atomic mass is 9.77. The molecule has 1 saturated heterocycles. The molecule has 1 aromatic heterocycles. The van der Waals surface area contributed by atoms with Gasteiger partial charge >= 0.3 is 0 Å². The van der Waals surface area contributed by atoms with Gasteiger partial charge in [-0.2, -0.15) is 11.8 Å². The molecule has 2 aliphatic rings. The van der Waals surface area contributed by atoms with Gasteiger partial charge in [-0.05, 0) is 36.9 Å². The average Bonchev–Trinajstić information content (AvgIpc) is 2.81. The first kappa shape index (κ1) is 12.0. The smallest absolute Gasteiger partial charge is 0.106 e. The number of hydrogen-bond donors (Lipinski definition) is 1. The second kappa shape index (κ2) is 4.25. The van der Waals surface area contributed by atoms with Gasteiger partial charge in [-0.3, -0.25) is 0 Å². The first-order chi connectivity index (χ1) is 8.05. The van der Waals surface area contributed by atoms with Gasteiger partial charge in [0.15, 0.2) is 0 Å². The first-order valence-electron chi connectivity index (χ1n) is 6.34. The lowest BCUT2D eigenvalue weighted by molar-refractivity contribution is 0.102. The van der Waals surface area contributed by atoms with E-state index in [1.54, 1.807) is 11.3 Å². The van der Waals surface area contributed by atoms with Gasteiger partial charge in [-0.15, -0.1) is 11.3 Å². The van der Waals surface area contributed by atoms with E-state index in [2.05, 4.69) is 13.8 Å². The summed E-state index contributed by atoms with van der Waals surface area (Å²) in [6.07, 6.45) is 4.18. The van der Waals surface area contributed by atoms with Gasteiger partial charge in [0.25, 0.3) is 0 Å². The fraction of sp³-hybridized carbons (Fsp3) is 0.769. The van der Waals surface area contributed by atoms with Crippen LogP contribution in [0.25, 0.3) is 0 Å². The van der Waals surface area contributed by atoms with Crippen LogP contribution in [0.5, 0.6) is 0 Å². The molecule has 17 heavy (non-hydrogen) atoms. The largest absolute Gasteiger partial charge is 0.387 e. The monoisotopic (exact) mass is 269 g/mol. The van der Waals surface area contributed by atoms with Gasteiger partial charge in [0, 0.05) is 0 Å². The van der Waals surface area contributed by atoms with Crippen molar-refractivity contribution in [3.8, 4) is 0 Å². The third kappa shape index (κ3) is 2.27. The van der Waals surface area contributed by atoms with E-state index in [-0.39, 0.29) is 11.5 Å². The van der Waals surface area contributed by atoms with E-state index in [1.807, 2.05) is 11.8 Å². The van der Waals surface area contributed by atoms with Crippen molar-refractivity contribution in [1.29, 1.82) is 0 Å². The Morgan fingerprint density at radius 3 is 2.94 bits per heavy atom. The molecular weight excluding hydrogens is 250 g/mol. The Morgan fingerprint density at radius 2 is 2.24 bits per heavy atom. The Balaban J connectivity index is 1.91. The SMILES string of the molecule is CC1(C)Cc2nc(C3CCCS3)sc2C(O)C1. The zero-order valence-corrected chi connectivity index (χ0v) is 12.0. The van der Waals surface area contributed by atoms with Crippen molar-refractivity contribution in [2.24, 2.45) is 5.41 Å². The third-order valence-corrected chi connectivity index (χ3v) is 6.49. The van der Waals surface area contributed by atoms with E-state index in [9.17, 15) is 5.11 Å². The fourth-order valence-corrected chi connectivity index (χ4v) is 5.40. The number of rotatable bonds is 1. The molecule has 0 saturated carbocycles. The van der Waals surface area contributed by atoms with Crippen molar-refractivity contribution in [1.82, 2.24) is 4.98 Å². The third-order valence-electron chi connectivity index (χ3n) is 3.64. The highest BCUT2D eigenvalue weighted by molar-refractivity contribution is 7.99. The molecule has 94 valence electrons. The molecule has 0 radical (unpaired) electrons. The van der Waals surface area contributed by atoms with Crippen LogP contribution in [0.2, 0.25) is 0 Å². The van der Waals surface area contributed by atoms with Crippen LogP contribution in [0.1, 0.15) is 60.0 Å². The molecule has 4 heteroatoms. The molecule has 2 atom stereocenters. The Bertz CT molecular complexity index is 421. The number of thioether (sulfide) groups is 1. The van der Waals surface area contributed by atoms with Gasteiger partial charge in [0.2, 0.25) is 0 Å². The topological polar surface area (TPSA) is 33.1 Å². The van der Waals surface area contributed by atoms with E-state index in [0.29, 0.717) is 5.25 Å². The lowest BCUT2D eigenvalue weighted by Gasteiger charge is -2.31.